The highest BCUT2D eigenvalue weighted by molar-refractivity contribution is 5.84. The molecule has 3 rings (SSSR count). The van der Waals surface area contributed by atoms with Crippen LogP contribution in [-0.2, 0) is 6.54 Å². The average molecular weight is 261 g/mol. The van der Waals surface area contributed by atoms with Crippen LogP contribution in [0.1, 0.15) is 25.1 Å². The number of benzene rings is 2. The van der Waals surface area contributed by atoms with Gasteiger partial charge >= 0.3 is 0 Å². The summed E-state index contributed by atoms with van der Waals surface area (Å²) < 4.78 is 2.39. The van der Waals surface area contributed by atoms with Gasteiger partial charge in [-0.15, -0.1) is 0 Å². The fourth-order valence-corrected chi connectivity index (χ4v) is 2.59. The summed E-state index contributed by atoms with van der Waals surface area (Å²) in [6.07, 6.45) is 2.25. The molecule has 0 saturated carbocycles. The predicted octanol–water partition coefficient (Wildman–Crippen LogP) is 5.11. The first kappa shape index (κ1) is 12.7. The summed E-state index contributed by atoms with van der Waals surface area (Å²) in [5.41, 5.74) is 5.22. The van der Waals surface area contributed by atoms with E-state index in [9.17, 15) is 0 Å². The molecule has 3 aromatic rings. The van der Waals surface area contributed by atoms with E-state index < -0.39 is 0 Å². The second kappa shape index (κ2) is 5.38. The molecule has 2 aromatic carbocycles. The second-order valence-electron chi connectivity index (χ2n) is 5.42. The molecule has 0 aliphatic heterocycles. The van der Waals surface area contributed by atoms with Crippen molar-refractivity contribution in [3.63, 3.8) is 0 Å². The standard InChI is InChI=1S/C19H19N/c1-15(2)12-18-13-17-10-6-7-11-19(17)20(18)14-16-8-4-3-5-9-16/h3-13H,14H2,1-2H3. The highest BCUT2D eigenvalue weighted by atomic mass is 15.0. The van der Waals surface area contributed by atoms with Crippen molar-refractivity contribution < 1.29 is 0 Å². The Hall–Kier alpha value is -2.28. The van der Waals surface area contributed by atoms with Crippen LogP contribution in [0.3, 0.4) is 0 Å². The van der Waals surface area contributed by atoms with E-state index in [-0.39, 0.29) is 0 Å². The molecule has 0 aliphatic rings. The third kappa shape index (κ3) is 2.53. The fraction of sp³-hybridized carbons (Fsp3) is 0.158. The first-order valence-electron chi connectivity index (χ1n) is 7.01. The van der Waals surface area contributed by atoms with Crippen LogP contribution < -0.4 is 0 Å². The molecule has 0 aliphatic carbocycles. The van der Waals surface area contributed by atoms with Crippen LogP contribution in [0.25, 0.3) is 17.0 Å². The molecule has 0 fully saturated rings. The average Bonchev–Trinajstić information content (AvgIpc) is 2.77. The van der Waals surface area contributed by atoms with Crippen LogP contribution in [0.4, 0.5) is 0 Å². The van der Waals surface area contributed by atoms with Crippen molar-refractivity contribution in [2.75, 3.05) is 0 Å². The Labute approximate surface area is 120 Å². The largest absolute Gasteiger partial charge is 0.336 e. The van der Waals surface area contributed by atoms with E-state index in [2.05, 4.69) is 85.2 Å². The van der Waals surface area contributed by atoms with E-state index in [0.29, 0.717) is 0 Å². The summed E-state index contributed by atoms with van der Waals surface area (Å²) in [5, 5.41) is 1.30. The smallest absolute Gasteiger partial charge is 0.0488 e. The maximum absolute atomic E-state index is 2.39. The summed E-state index contributed by atoms with van der Waals surface area (Å²) in [4.78, 5) is 0. The number of nitrogens with zero attached hydrogens (tertiary/aromatic N) is 1. The van der Waals surface area contributed by atoms with Crippen LogP contribution in [0.2, 0.25) is 0 Å². The van der Waals surface area contributed by atoms with Crippen molar-refractivity contribution in [2.24, 2.45) is 0 Å². The monoisotopic (exact) mass is 261 g/mol. The van der Waals surface area contributed by atoms with E-state index >= 15 is 0 Å². The van der Waals surface area contributed by atoms with Gasteiger partial charge in [-0.2, -0.15) is 0 Å². The van der Waals surface area contributed by atoms with Gasteiger partial charge in [-0.25, -0.2) is 0 Å². The van der Waals surface area contributed by atoms with Crippen LogP contribution in [0.5, 0.6) is 0 Å². The van der Waals surface area contributed by atoms with Crippen LogP contribution in [-0.4, -0.2) is 4.57 Å². The van der Waals surface area contributed by atoms with E-state index in [0.717, 1.165) is 6.54 Å². The van der Waals surface area contributed by atoms with Crippen molar-refractivity contribution in [3.05, 3.63) is 77.5 Å². The van der Waals surface area contributed by atoms with Gasteiger partial charge in [-0.3, -0.25) is 0 Å². The number of allylic oxidation sites excluding steroid dienone is 1. The molecule has 0 bridgehead atoms. The van der Waals surface area contributed by atoms with E-state index in [1.165, 1.54) is 27.7 Å². The molecule has 1 nitrogen and oxygen atoms in total. The number of fused-ring (bicyclic) bond motifs is 1. The third-order valence-corrected chi connectivity index (χ3v) is 3.46. The first-order valence-corrected chi connectivity index (χ1v) is 7.01. The zero-order valence-electron chi connectivity index (χ0n) is 12.0. The molecule has 1 heteroatoms. The Morgan fingerprint density at radius 3 is 2.40 bits per heavy atom. The lowest BCUT2D eigenvalue weighted by Gasteiger charge is -2.09. The third-order valence-electron chi connectivity index (χ3n) is 3.46. The highest BCUT2D eigenvalue weighted by Gasteiger charge is 2.07. The fourth-order valence-electron chi connectivity index (χ4n) is 2.59. The minimum atomic E-state index is 0.910. The molecule has 0 unspecified atom stereocenters. The predicted molar refractivity (Wildman–Crippen MR) is 86.8 cm³/mol. The molecule has 0 saturated heterocycles. The van der Waals surface area contributed by atoms with Gasteiger partial charge in [0.1, 0.15) is 0 Å². The zero-order chi connectivity index (χ0) is 13.9. The summed E-state index contributed by atoms with van der Waals surface area (Å²) in [5.74, 6) is 0. The minimum Gasteiger partial charge on any atom is -0.336 e. The maximum atomic E-state index is 2.39. The van der Waals surface area contributed by atoms with Gasteiger partial charge < -0.3 is 4.57 Å². The molecular weight excluding hydrogens is 242 g/mol. The van der Waals surface area contributed by atoms with Crippen molar-refractivity contribution in [1.82, 2.24) is 4.57 Å². The molecule has 0 atom stereocenters. The van der Waals surface area contributed by atoms with Crippen LogP contribution in [0, 0.1) is 0 Å². The number of hydrogen-bond acceptors (Lipinski definition) is 0. The molecule has 100 valence electrons. The van der Waals surface area contributed by atoms with Crippen molar-refractivity contribution in [2.45, 2.75) is 20.4 Å². The summed E-state index contributed by atoms with van der Waals surface area (Å²) in [6, 6.07) is 21.5. The van der Waals surface area contributed by atoms with Crippen molar-refractivity contribution in [1.29, 1.82) is 0 Å². The molecule has 0 N–H and O–H groups in total. The molecule has 0 spiro atoms. The van der Waals surface area contributed by atoms with Gasteiger partial charge in [-0.05, 0) is 37.6 Å². The second-order valence-corrected chi connectivity index (χ2v) is 5.42. The molecule has 0 radical (unpaired) electrons. The van der Waals surface area contributed by atoms with E-state index in [1.54, 1.807) is 0 Å². The quantitative estimate of drug-likeness (QED) is 0.617. The summed E-state index contributed by atoms with van der Waals surface area (Å²) in [7, 11) is 0. The molecule has 1 aromatic heterocycles. The minimum absolute atomic E-state index is 0.910. The summed E-state index contributed by atoms with van der Waals surface area (Å²) >= 11 is 0. The zero-order valence-corrected chi connectivity index (χ0v) is 12.0. The molecular formula is C19H19N. The number of para-hydroxylation sites is 1. The Balaban J connectivity index is 2.14. The Morgan fingerprint density at radius 1 is 0.950 bits per heavy atom. The lowest BCUT2D eigenvalue weighted by Crippen LogP contribution is -2.01. The first-order chi connectivity index (χ1) is 9.74. The number of hydrogen-bond donors (Lipinski definition) is 0. The maximum Gasteiger partial charge on any atom is 0.0488 e. The normalized spacial score (nSPS) is 10.7. The van der Waals surface area contributed by atoms with E-state index in [4.69, 9.17) is 0 Å². The molecule has 1 heterocycles. The molecule has 20 heavy (non-hydrogen) atoms. The van der Waals surface area contributed by atoms with Gasteiger partial charge in [-0.1, -0.05) is 54.1 Å². The Morgan fingerprint density at radius 2 is 1.65 bits per heavy atom. The van der Waals surface area contributed by atoms with Crippen molar-refractivity contribution >= 4 is 17.0 Å². The van der Waals surface area contributed by atoms with Gasteiger partial charge in [0, 0.05) is 23.1 Å². The van der Waals surface area contributed by atoms with Crippen molar-refractivity contribution in [3.8, 4) is 0 Å². The van der Waals surface area contributed by atoms with Gasteiger partial charge in [0.05, 0.1) is 0 Å². The Bertz CT molecular complexity index is 744. The lowest BCUT2D eigenvalue weighted by atomic mass is 10.2. The van der Waals surface area contributed by atoms with Crippen LogP contribution in [0.15, 0.2) is 66.2 Å². The van der Waals surface area contributed by atoms with Crippen LogP contribution >= 0.6 is 0 Å². The highest BCUT2D eigenvalue weighted by Crippen LogP contribution is 2.23. The SMILES string of the molecule is CC(C)=Cc1cc2ccccc2n1Cc1ccccc1. The molecule has 0 amide bonds. The topological polar surface area (TPSA) is 4.93 Å². The van der Waals surface area contributed by atoms with Gasteiger partial charge in [0.25, 0.3) is 0 Å². The summed E-state index contributed by atoms with van der Waals surface area (Å²) in [6.45, 7) is 5.20. The number of rotatable bonds is 3. The van der Waals surface area contributed by atoms with E-state index in [1.807, 2.05) is 0 Å². The van der Waals surface area contributed by atoms with Gasteiger partial charge in [0.15, 0.2) is 0 Å². The number of aromatic nitrogens is 1. The Kier molecular flexibility index (Phi) is 3.42. The lowest BCUT2D eigenvalue weighted by molar-refractivity contribution is 0.827. The van der Waals surface area contributed by atoms with Gasteiger partial charge in [0.2, 0.25) is 0 Å².